The lowest BCUT2D eigenvalue weighted by atomic mass is 9.34. The van der Waals surface area contributed by atoms with Crippen molar-refractivity contribution in [3.63, 3.8) is 0 Å². The predicted molar refractivity (Wildman–Crippen MR) is 153 cm³/mol. The predicted octanol–water partition coefficient (Wildman–Crippen LogP) is 8.18. The molecule has 3 nitrogen and oxygen atoms in total. The molecule has 10 atom stereocenters. The smallest absolute Gasteiger partial charge is 0.163 e. The summed E-state index contributed by atoms with van der Waals surface area (Å²) in [6.45, 7) is 21.0. The molecule has 0 N–H and O–H groups in total. The van der Waals surface area contributed by atoms with Crippen molar-refractivity contribution in [1.29, 1.82) is 0 Å². The maximum atomic E-state index is 6.51. The Labute approximate surface area is 233 Å². The van der Waals surface area contributed by atoms with Crippen molar-refractivity contribution in [3.05, 3.63) is 11.6 Å². The molecular formula is C35H54O3. The first-order valence-corrected chi connectivity index (χ1v) is 15.8. The molecule has 6 rings (SSSR count). The van der Waals surface area contributed by atoms with Crippen LogP contribution in [-0.4, -0.2) is 31.2 Å². The monoisotopic (exact) mass is 522 g/mol. The van der Waals surface area contributed by atoms with Crippen molar-refractivity contribution in [2.75, 3.05) is 13.2 Å². The van der Waals surface area contributed by atoms with Gasteiger partial charge in [-0.3, -0.25) is 0 Å². The molecule has 212 valence electrons. The van der Waals surface area contributed by atoms with E-state index < -0.39 is 5.79 Å². The summed E-state index contributed by atoms with van der Waals surface area (Å²) < 4.78 is 19.2. The van der Waals surface area contributed by atoms with E-state index in [0.29, 0.717) is 41.3 Å². The van der Waals surface area contributed by atoms with Crippen LogP contribution in [0.5, 0.6) is 0 Å². The summed E-state index contributed by atoms with van der Waals surface area (Å²) in [6, 6.07) is 0. The van der Waals surface area contributed by atoms with Gasteiger partial charge in [0.05, 0.1) is 18.8 Å². The second-order valence-electron chi connectivity index (χ2n) is 16.6. The minimum absolute atomic E-state index is 0.184. The van der Waals surface area contributed by atoms with E-state index in [4.69, 9.17) is 20.6 Å². The van der Waals surface area contributed by atoms with Crippen molar-refractivity contribution in [3.8, 4) is 12.3 Å². The lowest BCUT2D eigenvalue weighted by Crippen LogP contribution is -2.65. The molecule has 0 radical (unpaired) electrons. The van der Waals surface area contributed by atoms with E-state index in [1.807, 2.05) is 0 Å². The minimum Gasteiger partial charge on any atom is -0.365 e. The summed E-state index contributed by atoms with van der Waals surface area (Å²) in [5.74, 6) is 4.91. The number of ether oxygens (including phenoxy) is 3. The summed E-state index contributed by atoms with van der Waals surface area (Å²) in [5, 5.41) is 0. The Morgan fingerprint density at radius 1 is 0.947 bits per heavy atom. The van der Waals surface area contributed by atoms with Crippen molar-refractivity contribution >= 4 is 0 Å². The molecule has 0 bridgehead atoms. The van der Waals surface area contributed by atoms with E-state index >= 15 is 0 Å². The molecule has 5 aliphatic carbocycles. The van der Waals surface area contributed by atoms with Gasteiger partial charge in [-0.2, -0.15) is 0 Å². The summed E-state index contributed by atoms with van der Waals surface area (Å²) in [6.07, 6.45) is 20.4. The van der Waals surface area contributed by atoms with E-state index in [-0.39, 0.29) is 22.3 Å². The van der Waals surface area contributed by atoms with Gasteiger partial charge >= 0.3 is 0 Å². The van der Waals surface area contributed by atoms with E-state index in [2.05, 4.69) is 67.4 Å². The van der Waals surface area contributed by atoms with Crippen molar-refractivity contribution in [2.24, 2.45) is 50.7 Å². The van der Waals surface area contributed by atoms with Crippen LogP contribution < -0.4 is 0 Å². The Morgan fingerprint density at radius 3 is 2.45 bits per heavy atom. The maximum absolute atomic E-state index is 6.51. The second kappa shape index (κ2) is 8.59. The standard InChI is InChI=1S/C35H54O3/c1-10-19-36-29-21-30(2,3)20-26-25-11-12-28-32(6)15-14-27-23(22-37-31(4,5)38-27)24(32)13-16-35(28,9)34(25,8)18-17-33(26,29)7/h1,11,23-24,26-29H,12-22H2,2-9H3/t23?,24?,26?,27?,28?,29?,32?,33?,34-,35?/m1/s1. The van der Waals surface area contributed by atoms with E-state index in [1.54, 1.807) is 5.57 Å². The molecule has 4 saturated carbocycles. The molecular weight excluding hydrogens is 468 g/mol. The minimum atomic E-state index is -0.432. The lowest BCUT2D eigenvalue weighted by Gasteiger charge is -2.71. The van der Waals surface area contributed by atoms with Crippen LogP contribution in [0, 0.1) is 63.1 Å². The molecule has 1 heterocycles. The first-order valence-electron chi connectivity index (χ1n) is 15.8. The lowest BCUT2D eigenvalue weighted by molar-refractivity contribution is -0.323. The molecule has 0 aromatic carbocycles. The highest BCUT2D eigenvalue weighted by molar-refractivity contribution is 5.34. The first-order chi connectivity index (χ1) is 17.7. The van der Waals surface area contributed by atoms with Gasteiger partial charge in [0.15, 0.2) is 5.79 Å². The highest BCUT2D eigenvalue weighted by Gasteiger charge is 2.68. The zero-order chi connectivity index (χ0) is 27.4. The third-order valence-electron chi connectivity index (χ3n) is 13.8. The normalized spacial score (nSPS) is 52.7. The van der Waals surface area contributed by atoms with Crippen molar-refractivity contribution < 1.29 is 14.2 Å². The van der Waals surface area contributed by atoms with E-state index in [1.165, 1.54) is 51.4 Å². The summed E-state index contributed by atoms with van der Waals surface area (Å²) in [7, 11) is 0. The molecule has 5 fully saturated rings. The third-order valence-corrected chi connectivity index (χ3v) is 13.8. The van der Waals surface area contributed by atoms with Crippen LogP contribution in [-0.2, 0) is 14.2 Å². The van der Waals surface area contributed by atoms with Crippen LogP contribution in [0.2, 0.25) is 0 Å². The molecule has 0 spiro atoms. The van der Waals surface area contributed by atoms with Crippen LogP contribution in [0.4, 0.5) is 0 Å². The molecule has 1 saturated heterocycles. The quantitative estimate of drug-likeness (QED) is 0.270. The van der Waals surface area contributed by atoms with Gasteiger partial charge in [-0.15, -0.1) is 6.42 Å². The van der Waals surface area contributed by atoms with Crippen LogP contribution in [0.15, 0.2) is 11.6 Å². The van der Waals surface area contributed by atoms with Gasteiger partial charge < -0.3 is 14.2 Å². The molecule has 1 aliphatic heterocycles. The zero-order valence-corrected chi connectivity index (χ0v) is 25.6. The summed E-state index contributed by atoms with van der Waals surface area (Å²) in [5.41, 5.74) is 3.20. The average molecular weight is 523 g/mol. The number of terminal acetylenes is 1. The molecule has 3 heteroatoms. The van der Waals surface area contributed by atoms with Crippen LogP contribution >= 0.6 is 0 Å². The Morgan fingerprint density at radius 2 is 1.71 bits per heavy atom. The fourth-order valence-corrected chi connectivity index (χ4v) is 11.5. The van der Waals surface area contributed by atoms with Crippen LogP contribution in [0.25, 0.3) is 0 Å². The van der Waals surface area contributed by atoms with Gasteiger partial charge in [0.25, 0.3) is 0 Å². The van der Waals surface area contributed by atoms with Gasteiger partial charge in [0, 0.05) is 11.3 Å². The fourth-order valence-electron chi connectivity index (χ4n) is 11.5. The molecule has 6 aliphatic rings. The Balaban J connectivity index is 1.35. The summed E-state index contributed by atoms with van der Waals surface area (Å²) in [4.78, 5) is 0. The maximum Gasteiger partial charge on any atom is 0.163 e. The molecule has 38 heavy (non-hydrogen) atoms. The number of fused-ring (bicyclic) bond motifs is 9. The number of hydrogen-bond donors (Lipinski definition) is 0. The number of hydrogen-bond acceptors (Lipinski definition) is 3. The van der Waals surface area contributed by atoms with Crippen LogP contribution in [0.3, 0.4) is 0 Å². The van der Waals surface area contributed by atoms with E-state index in [9.17, 15) is 0 Å². The van der Waals surface area contributed by atoms with Gasteiger partial charge in [0.1, 0.15) is 6.61 Å². The largest absolute Gasteiger partial charge is 0.365 e. The van der Waals surface area contributed by atoms with Gasteiger partial charge in [-0.05, 0) is 111 Å². The number of allylic oxidation sites excluding steroid dienone is 2. The number of rotatable bonds is 2. The molecule has 0 aromatic rings. The first kappa shape index (κ1) is 27.4. The average Bonchev–Trinajstić information content (AvgIpc) is 2.83. The van der Waals surface area contributed by atoms with Gasteiger partial charge in [0.2, 0.25) is 0 Å². The van der Waals surface area contributed by atoms with Crippen LogP contribution in [0.1, 0.15) is 113 Å². The van der Waals surface area contributed by atoms with Gasteiger partial charge in [-0.25, -0.2) is 0 Å². The fraction of sp³-hybridized carbons (Fsp3) is 0.886. The summed E-state index contributed by atoms with van der Waals surface area (Å²) >= 11 is 0. The highest BCUT2D eigenvalue weighted by Crippen LogP contribution is 2.75. The third kappa shape index (κ3) is 3.72. The molecule has 0 aromatic heterocycles. The Hall–Kier alpha value is -0.820. The van der Waals surface area contributed by atoms with Crippen molar-refractivity contribution in [2.45, 2.75) is 131 Å². The SMILES string of the molecule is C#CCOC1CC(C)(C)CC2C3=CCC4C5(C)CCC6OC(C)(C)OCC6C5CCC4(C)[C@]3(C)CCC12C. The van der Waals surface area contributed by atoms with Crippen molar-refractivity contribution in [1.82, 2.24) is 0 Å². The Kier molecular flexibility index (Phi) is 6.19. The van der Waals surface area contributed by atoms with E-state index in [0.717, 1.165) is 18.9 Å². The Bertz CT molecular complexity index is 1030. The molecule has 9 unspecified atom stereocenters. The highest BCUT2D eigenvalue weighted by atomic mass is 16.7. The zero-order valence-electron chi connectivity index (χ0n) is 25.6. The molecule has 0 amide bonds. The van der Waals surface area contributed by atoms with Gasteiger partial charge in [-0.1, -0.05) is 59.1 Å². The topological polar surface area (TPSA) is 27.7 Å². The second-order valence-corrected chi connectivity index (χ2v) is 16.6.